The van der Waals surface area contributed by atoms with Crippen LogP contribution in [0.4, 0.5) is 0 Å². The number of aliphatic hydroxyl groups excluding tert-OH is 1. The van der Waals surface area contributed by atoms with Gasteiger partial charge in [-0.05, 0) is 75.5 Å². The van der Waals surface area contributed by atoms with Crippen molar-refractivity contribution in [2.75, 3.05) is 0 Å². The van der Waals surface area contributed by atoms with E-state index >= 15 is 0 Å². The van der Waals surface area contributed by atoms with Gasteiger partial charge in [0.05, 0.1) is 17.3 Å². The molecule has 3 nitrogen and oxygen atoms in total. The second-order valence-corrected chi connectivity index (χ2v) is 10.5. The molecule has 23 heavy (non-hydrogen) atoms. The van der Waals surface area contributed by atoms with Crippen molar-refractivity contribution in [3.8, 4) is 0 Å². The summed E-state index contributed by atoms with van der Waals surface area (Å²) >= 11 is 0. The Morgan fingerprint density at radius 2 is 1.57 bits per heavy atom. The Bertz CT molecular complexity index is 527. The van der Waals surface area contributed by atoms with Gasteiger partial charge in [-0.25, -0.2) is 0 Å². The summed E-state index contributed by atoms with van der Waals surface area (Å²) < 4.78 is 0. The van der Waals surface area contributed by atoms with Crippen molar-refractivity contribution in [2.45, 2.75) is 96.4 Å². The van der Waals surface area contributed by atoms with Crippen LogP contribution in [0.3, 0.4) is 0 Å². The fourth-order valence-corrected chi connectivity index (χ4v) is 7.90. The topological polar surface area (TPSA) is 60.7 Å². The first-order chi connectivity index (χ1) is 10.5. The molecule has 4 aliphatic carbocycles. The molecule has 0 radical (unpaired) electrons. The molecule has 4 fully saturated rings. The summed E-state index contributed by atoms with van der Waals surface area (Å²) in [5.74, 6) is 0.710. The predicted octanol–water partition coefficient (Wildman–Crippen LogP) is 3.26. The summed E-state index contributed by atoms with van der Waals surface area (Å²) in [4.78, 5) is 0. The lowest BCUT2D eigenvalue weighted by Gasteiger charge is -2.68. The van der Waals surface area contributed by atoms with E-state index in [4.69, 9.17) is 0 Å². The van der Waals surface area contributed by atoms with Crippen LogP contribution in [0.1, 0.15) is 79.1 Å². The fourth-order valence-electron chi connectivity index (χ4n) is 7.90. The first-order valence-corrected chi connectivity index (χ1v) is 9.61. The fraction of sp³-hybridized carbons (Fsp3) is 1.00. The van der Waals surface area contributed by atoms with Gasteiger partial charge in [0.25, 0.3) is 0 Å². The molecule has 4 saturated carbocycles. The SMILES string of the molecule is CC1(O)CC23CCC4C(C)(C)C(O)CCC4(C)C2(O)CCC1C3. The molecule has 0 saturated heterocycles. The number of aliphatic hydroxyl groups is 3. The lowest BCUT2D eigenvalue weighted by atomic mass is 9.38. The zero-order chi connectivity index (χ0) is 16.9. The van der Waals surface area contributed by atoms with E-state index in [0.29, 0.717) is 11.8 Å². The quantitative estimate of drug-likeness (QED) is 0.641. The van der Waals surface area contributed by atoms with Crippen LogP contribution in [-0.2, 0) is 0 Å². The van der Waals surface area contributed by atoms with Crippen LogP contribution >= 0.6 is 0 Å². The van der Waals surface area contributed by atoms with Gasteiger partial charge >= 0.3 is 0 Å². The van der Waals surface area contributed by atoms with E-state index in [1.54, 1.807) is 0 Å². The first kappa shape index (κ1) is 16.4. The Morgan fingerprint density at radius 3 is 2.26 bits per heavy atom. The molecule has 0 aliphatic heterocycles. The number of rotatable bonds is 0. The zero-order valence-corrected chi connectivity index (χ0v) is 15.2. The van der Waals surface area contributed by atoms with Crippen molar-refractivity contribution in [1.29, 1.82) is 0 Å². The molecule has 0 amide bonds. The van der Waals surface area contributed by atoms with Crippen LogP contribution in [-0.4, -0.2) is 32.6 Å². The molecule has 1 spiro atoms. The van der Waals surface area contributed by atoms with E-state index in [1.807, 2.05) is 6.92 Å². The van der Waals surface area contributed by atoms with E-state index in [2.05, 4.69) is 20.8 Å². The van der Waals surface area contributed by atoms with Crippen LogP contribution in [0.25, 0.3) is 0 Å². The Hall–Kier alpha value is -0.120. The molecule has 0 aromatic rings. The summed E-state index contributed by atoms with van der Waals surface area (Å²) in [7, 11) is 0. The van der Waals surface area contributed by atoms with Gasteiger partial charge < -0.3 is 15.3 Å². The van der Waals surface area contributed by atoms with Crippen molar-refractivity contribution >= 4 is 0 Å². The van der Waals surface area contributed by atoms with Gasteiger partial charge in [0.1, 0.15) is 0 Å². The molecule has 2 bridgehead atoms. The molecule has 132 valence electrons. The van der Waals surface area contributed by atoms with Gasteiger partial charge in [-0.1, -0.05) is 20.8 Å². The molecule has 7 unspecified atom stereocenters. The Morgan fingerprint density at radius 1 is 0.870 bits per heavy atom. The molecule has 4 rings (SSSR count). The highest BCUT2D eigenvalue weighted by molar-refractivity contribution is 5.23. The third-order valence-corrected chi connectivity index (χ3v) is 9.26. The smallest absolute Gasteiger partial charge is 0.0761 e. The van der Waals surface area contributed by atoms with Gasteiger partial charge in [0.2, 0.25) is 0 Å². The maximum atomic E-state index is 12.1. The molecule has 3 heteroatoms. The van der Waals surface area contributed by atoms with Crippen LogP contribution in [0.2, 0.25) is 0 Å². The maximum Gasteiger partial charge on any atom is 0.0761 e. The lowest BCUT2D eigenvalue weighted by Crippen LogP contribution is -2.69. The molecule has 0 heterocycles. The van der Waals surface area contributed by atoms with Crippen LogP contribution in [0, 0.1) is 28.1 Å². The highest BCUT2D eigenvalue weighted by Crippen LogP contribution is 2.74. The van der Waals surface area contributed by atoms with E-state index in [1.165, 1.54) is 0 Å². The Balaban J connectivity index is 1.80. The summed E-state index contributed by atoms with van der Waals surface area (Å²) in [5.41, 5.74) is -1.68. The van der Waals surface area contributed by atoms with Crippen LogP contribution in [0.15, 0.2) is 0 Å². The van der Waals surface area contributed by atoms with E-state index in [9.17, 15) is 15.3 Å². The number of hydrogen-bond donors (Lipinski definition) is 3. The van der Waals surface area contributed by atoms with E-state index in [-0.39, 0.29) is 22.3 Å². The van der Waals surface area contributed by atoms with E-state index in [0.717, 1.165) is 51.4 Å². The summed E-state index contributed by atoms with van der Waals surface area (Å²) in [5, 5.41) is 33.5. The second kappa shape index (κ2) is 4.34. The molecular formula is C20H34O3. The highest BCUT2D eigenvalue weighted by atomic mass is 16.3. The van der Waals surface area contributed by atoms with Crippen molar-refractivity contribution < 1.29 is 15.3 Å². The van der Waals surface area contributed by atoms with Gasteiger partial charge in [0, 0.05) is 10.8 Å². The van der Waals surface area contributed by atoms with Gasteiger partial charge in [0.15, 0.2) is 0 Å². The molecule has 0 aromatic carbocycles. The molecule has 0 aromatic heterocycles. The minimum Gasteiger partial charge on any atom is -0.393 e. The monoisotopic (exact) mass is 322 g/mol. The van der Waals surface area contributed by atoms with Crippen LogP contribution in [0.5, 0.6) is 0 Å². The van der Waals surface area contributed by atoms with Gasteiger partial charge in [-0.15, -0.1) is 0 Å². The van der Waals surface area contributed by atoms with Gasteiger partial charge in [-0.3, -0.25) is 0 Å². The number of fused-ring (bicyclic) bond motifs is 3. The van der Waals surface area contributed by atoms with Crippen molar-refractivity contribution in [3.05, 3.63) is 0 Å². The third-order valence-electron chi connectivity index (χ3n) is 9.26. The molecular weight excluding hydrogens is 288 g/mol. The normalized spacial score (nSPS) is 60.9. The van der Waals surface area contributed by atoms with Crippen molar-refractivity contribution in [2.24, 2.45) is 28.1 Å². The zero-order valence-electron chi connectivity index (χ0n) is 15.2. The summed E-state index contributed by atoms with van der Waals surface area (Å²) in [6, 6.07) is 0. The summed E-state index contributed by atoms with van der Waals surface area (Å²) in [6.45, 7) is 8.66. The van der Waals surface area contributed by atoms with Crippen LogP contribution < -0.4 is 0 Å². The summed E-state index contributed by atoms with van der Waals surface area (Å²) in [6.07, 6.45) is 7.03. The Kier molecular flexibility index (Phi) is 3.09. The average molecular weight is 322 g/mol. The highest BCUT2D eigenvalue weighted by Gasteiger charge is 2.73. The van der Waals surface area contributed by atoms with Crippen molar-refractivity contribution in [1.82, 2.24) is 0 Å². The van der Waals surface area contributed by atoms with E-state index < -0.39 is 11.2 Å². The molecule has 3 N–H and O–H groups in total. The minimum absolute atomic E-state index is 0.108. The molecule has 7 atom stereocenters. The molecule has 4 aliphatic rings. The second-order valence-electron chi connectivity index (χ2n) is 10.5. The maximum absolute atomic E-state index is 12.1. The van der Waals surface area contributed by atoms with Crippen molar-refractivity contribution in [3.63, 3.8) is 0 Å². The first-order valence-electron chi connectivity index (χ1n) is 9.61. The lowest BCUT2D eigenvalue weighted by molar-refractivity contribution is -0.273. The third kappa shape index (κ3) is 1.72. The number of hydrogen-bond acceptors (Lipinski definition) is 3. The standard InChI is InChI=1S/C20H34O3/c1-16(2)14-6-9-19-11-13(18(4,22)12-19)5-10-20(19,23)17(14,3)8-7-15(16)21/h13-15,21-23H,5-12H2,1-4H3. The largest absolute Gasteiger partial charge is 0.393 e. The van der Waals surface area contributed by atoms with Gasteiger partial charge in [-0.2, -0.15) is 0 Å². The average Bonchev–Trinajstić information content (AvgIpc) is 2.66. The predicted molar refractivity (Wildman–Crippen MR) is 89.8 cm³/mol. The Labute approximate surface area is 140 Å². The minimum atomic E-state index is -0.683.